The van der Waals surface area contributed by atoms with Crippen LogP contribution in [0.25, 0.3) is 44.5 Å². The molecule has 0 spiro atoms. The van der Waals surface area contributed by atoms with E-state index in [1.54, 1.807) is 42.0 Å². The number of rotatable bonds is 9. The highest BCUT2D eigenvalue weighted by Crippen LogP contribution is 2.36. The number of nitrogens with one attached hydrogen (secondary N) is 2. The third kappa shape index (κ3) is 5.29. The number of nitriles is 1. The molecule has 0 fully saturated rings. The first-order valence-corrected chi connectivity index (χ1v) is 12.6. The third-order valence-corrected chi connectivity index (χ3v) is 6.41. The maximum atomic E-state index is 13.3. The molecular weight excluding hydrogens is 494 g/mol. The van der Waals surface area contributed by atoms with Gasteiger partial charge in [-0.3, -0.25) is 9.36 Å². The number of hydrogen-bond acceptors (Lipinski definition) is 7. The van der Waals surface area contributed by atoms with Crippen molar-refractivity contribution in [2.45, 2.75) is 13.5 Å². The molecule has 0 radical (unpaired) electrons. The lowest BCUT2D eigenvalue weighted by molar-refractivity contribution is -0.115. The Kier molecular flexibility index (Phi) is 7.50. The van der Waals surface area contributed by atoms with Crippen molar-refractivity contribution < 1.29 is 13.9 Å². The van der Waals surface area contributed by atoms with Gasteiger partial charge in [-0.2, -0.15) is 10.2 Å². The van der Waals surface area contributed by atoms with Crippen molar-refractivity contribution in [3.8, 4) is 28.5 Å². The molecule has 0 aliphatic heterocycles. The molecule has 39 heavy (non-hydrogen) atoms. The molecule has 0 saturated carbocycles. The molecule has 0 aliphatic rings. The van der Waals surface area contributed by atoms with E-state index in [0.29, 0.717) is 58.9 Å². The quantitative estimate of drug-likeness (QED) is 0.292. The first kappa shape index (κ1) is 25.9. The zero-order valence-electron chi connectivity index (χ0n) is 21.7. The Hall–Kier alpha value is -4.78. The number of aromatic nitrogens is 2. The van der Waals surface area contributed by atoms with Crippen LogP contribution in [0.2, 0.25) is 0 Å². The molecule has 2 aromatic heterocycles. The van der Waals surface area contributed by atoms with E-state index < -0.39 is 5.69 Å². The fraction of sp³-hybridized carbons (Fsp3) is 0.200. The number of methoxy groups -OCH3 is 1. The molecule has 3 aromatic carbocycles. The topological polar surface area (TPSA) is 122 Å². The van der Waals surface area contributed by atoms with Gasteiger partial charge < -0.3 is 19.8 Å². The highest BCUT2D eigenvalue weighted by atomic mass is 16.5. The molecule has 0 unspecified atom stereocenters. The van der Waals surface area contributed by atoms with Gasteiger partial charge in [-0.25, -0.2) is 4.79 Å². The molecule has 9 heteroatoms. The van der Waals surface area contributed by atoms with E-state index in [1.165, 1.54) is 0 Å². The van der Waals surface area contributed by atoms with Crippen molar-refractivity contribution >= 4 is 33.7 Å². The van der Waals surface area contributed by atoms with Crippen molar-refractivity contribution in [1.82, 2.24) is 14.9 Å². The Morgan fingerprint density at radius 2 is 1.85 bits per heavy atom. The molecule has 0 saturated heterocycles. The van der Waals surface area contributed by atoms with Crippen LogP contribution in [0.15, 0.2) is 75.9 Å². The lowest BCUT2D eigenvalue weighted by atomic mass is 10.0. The number of benzene rings is 3. The second-order valence-corrected chi connectivity index (χ2v) is 8.98. The van der Waals surface area contributed by atoms with Crippen molar-refractivity contribution in [3.05, 3.63) is 82.8 Å². The third-order valence-electron chi connectivity index (χ3n) is 6.41. The fourth-order valence-corrected chi connectivity index (χ4v) is 4.50. The molecule has 1 amide bonds. The number of hydrogen-bond donors (Lipinski definition) is 2. The summed E-state index contributed by atoms with van der Waals surface area (Å²) >= 11 is 0. The van der Waals surface area contributed by atoms with Crippen LogP contribution in [-0.2, 0) is 16.1 Å². The standard InChI is InChI=1S/C30H27N5O4/c1-3-32-18-26(36)33-23-10-7-20(8-11-23)27-29-28(35(13-14-38-2)30(37)34-27)24-16-22(9-12-25(24)39-29)21-6-4-5-19(15-21)17-31/h4-12,15-16,32H,3,13-14,18H2,1-2H3,(H,33,36). The summed E-state index contributed by atoms with van der Waals surface area (Å²) in [6.07, 6.45) is 0. The zero-order chi connectivity index (χ0) is 27.4. The molecule has 2 heterocycles. The second-order valence-electron chi connectivity index (χ2n) is 8.98. The van der Waals surface area contributed by atoms with Crippen LogP contribution < -0.4 is 16.3 Å². The minimum Gasteiger partial charge on any atom is -0.452 e. The Bertz CT molecular complexity index is 1760. The predicted molar refractivity (Wildman–Crippen MR) is 150 cm³/mol. The van der Waals surface area contributed by atoms with Crippen LogP contribution in [0.3, 0.4) is 0 Å². The molecule has 0 bridgehead atoms. The minimum atomic E-state index is -0.419. The molecule has 5 aromatic rings. The number of nitrogens with zero attached hydrogens (tertiary/aromatic N) is 3. The number of amides is 1. The number of anilines is 1. The number of fused-ring (bicyclic) bond motifs is 3. The van der Waals surface area contributed by atoms with Gasteiger partial charge in [-0.05, 0) is 54.1 Å². The van der Waals surface area contributed by atoms with Crippen LogP contribution in [-0.4, -0.2) is 42.3 Å². The summed E-state index contributed by atoms with van der Waals surface area (Å²) in [6, 6.07) is 22.4. The van der Waals surface area contributed by atoms with E-state index in [2.05, 4.69) is 21.7 Å². The summed E-state index contributed by atoms with van der Waals surface area (Å²) in [4.78, 5) is 29.7. The second kappa shape index (κ2) is 11.3. The molecule has 9 nitrogen and oxygen atoms in total. The van der Waals surface area contributed by atoms with Gasteiger partial charge in [0.2, 0.25) is 5.91 Å². The number of likely N-dealkylation sites (N-methyl/N-ethyl adjacent to an activating group) is 1. The van der Waals surface area contributed by atoms with Gasteiger partial charge in [0.25, 0.3) is 0 Å². The Morgan fingerprint density at radius 3 is 2.59 bits per heavy atom. The minimum absolute atomic E-state index is 0.140. The lowest BCUT2D eigenvalue weighted by Crippen LogP contribution is -2.27. The van der Waals surface area contributed by atoms with E-state index in [9.17, 15) is 14.9 Å². The monoisotopic (exact) mass is 521 g/mol. The SMILES string of the molecule is CCNCC(=O)Nc1ccc(-c2nc(=O)n(CCOC)c3c2oc2ccc(-c4cccc(C#N)c4)cc23)cc1. The van der Waals surface area contributed by atoms with Crippen molar-refractivity contribution in [1.29, 1.82) is 5.26 Å². The average molecular weight is 522 g/mol. The first-order valence-electron chi connectivity index (χ1n) is 12.6. The van der Waals surface area contributed by atoms with Crippen LogP contribution in [0.4, 0.5) is 5.69 Å². The van der Waals surface area contributed by atoms with Gasteiger partial charge in [0.05, 0.1) is 31.3 Å². The maximum absolute atomic E-state index is 13.3. The summed E-state index contributed by atoms with van der Waals surface area (Å²) in [5.41, 5.74) is 5.37. The smallest absolute Gasteiger partial charge is 0.348 e. The number of furan rings is 1. The summed E-state index contributed by atoms with van der Waals surface area (Å²) in [5, 5.41) is 15.9. The molecule has 2 N–H and O–H groups in total. The average Bonchev–Trinajstić information content (AvgIpc) is 3.34. The largest absolute Gasteiger partial charge is 0.452 e. The molecule has 5 rings (SSSR count). The van der Waals surface area contributed by atoms with Gasteiger partial charge in [0.1, 0.15) is 16.8 Å². The molecule has 0 atom stereocenters. The molecule has 196 valence electrons. The van der Waals surface area contributed by atoms with Crippen molar-refractivity contribution in [3.63, 3.8) is 0 Å². The van der Waals surface area contributed by atoms with Gasteiger partial charge in [-0.15, -0.1) is 0 Å². The van der Waals surface area contributed by atoms with E-state index in [-0.39, 0.29) is 12.5 Å². The Morgan fingerprint density at radius 1 is 1.08 bits per heavy atom. The summed E-state index contributed by atoms with van der Waals surface area (Å²) in [6.45, 7) is 3.49. The first-order chi connectivity index (χ1) is 19.0. The van der Waals surface area contributed by atoms with Gasteiger partial charge in [-0.1, -0.05) is 37.3 Å². The van der Waals surface area contributed by atoms with E-state index in [0.717, 1.165) is 16.5 Å². The number of carbonyl (C=O) groups excluding carboxylic acids is 1. The number of ether oxygens (including phenoxy) is 1. The van der Waals surface area contributed by atoms with Crippen LogP contribution in [0, 0.1) is 11.3 Å². The van der Waals surface area contributed by atoms with Gasteiger partial charge in [0.15, 0.2) is 5.58 Å². The fourth-order valence-electron chi connectivity index (χ4n) is 4.50. The summed E-state index contributed by atoms with van der Waals surface area (Å²) in [5.74, 6) is -0.140. The van der Waals surface area contributed by atoms with Crippen LogP contribution in [0.1, 0.15) is 12.5 Å². The Balaban J connectivity index is 1.63. The summed E-state index contributed by atoms with van der Waals surface area (Å²) < 4.78 is 13.1. The van der Waals surface area contributed by atoms with Crippen molar-refractivity contribution in [2.75, 3.05) is 32.1 Å². The van der Waals surface area contributed by atoms with Crippen LogP contribution in [0.5, 0.6) is 0 Å². The summed E-state index contributed by atoms with van der Waals surface area (Å²) in [7, 11) is 1.58. The maximum Gasteiger partial charge on any atom is 0.348 e. The van der Waals surface area contributed by atoms with E-state index in [4.69, 9.17) is 9.15 Å². The Labute approximate surface area is 224 Å². The normalized spacial score (nSPS) is 11.1. The van der Waals surface area contributed by atoms with E-state index >= 15 is 0 Å². The highest BCUT2D eigenvalue weighted by Gasteiger charge is 2.20. The van der Waals surface area contributed by atoms with Crippen LogP contribution >= 0.6 is 0 Å². The van der Waals surface area contributed by atoms with Gasteiger partial charge >= 0.3 is 5.69 Å². The highest BCUT2D eigenvalue weighted by molar-refractivity contribution is 6.08. The van der Waals surface area contributed by atoms with E-state index in [1.807, 2.05) is 43.3 Å². The lowest BCUT2D eigenvalue weighted by Gasteiger charge is -2.10. The van der Waals surface area contributed by atoms with Crippen molar-refractivity contribution in [2.24, 2.45) is 0 Å². The molecule has 0 aliphatic carbocycles. The number of carbonyl (C=O) groups is 1. The molecular formula is C30H27N5O4. The van der Waals surface area contributed by atoms with Gasteiger partial charge in [0, 0.05) is 23.7 Å². The zero-order valence-corrected chi connectivity index (χ0v) is 21.7. The predicted octanol–water partition coefficient (Wildman–Crippen LogP) is 4.54.